The van der Waals surface area contributed by atoms with Crippen LogP contribution in [0.1, 0.15) is 5.69 Å². The summed E-state index contributed by atoms with van der Waals surface area (Å²) in [4.78, 5) is 0.200. The van der Waals surface area contributed by atoms with E-state index >= 15 is 0 Å². The SMILES string of the molecule is CN(Cc1nn(C)c(Cl)c1Cl)S(=O)(=O)c1ccc(Br)cc1. The summed E-state index contributed by atoms with van der Waals surface area (Å²) in [6.07, 6.45) is 0. The van der Waals surface area contributed by atoms with Crippen molar-refractivity contribution in [3.05, 3.63) is 44.6 Å². The molecule has 0 saturated heterocycles. The second-order valence-electron chi connectivity index (χ2n) is 4.39. The Labute approximate surface area is 141 Å². The molecule has 0 unspecified atom stereocenters. The average Bonchev–Trinajstić information content (AvgIpc) is 2.67. The van der Waals surface area contributed by atoms with Gasteiger partial charge < -0.3 is 0 Å². The number of benzene rings is 1. The number of hydrogen-bond donors (Lipinski definition) is 0. The minimum absolute atomic E-state index is 0.0395. The Balaban J connectivity index is 2.28. The number of aryl methyl sites for hydroxylation is 1. The van der Waals surface area contributed by atoms with E-state index in [1.165, 1.54) is 28.2 Å². The average molecular weight is 413 g/mol. The Kier molecular flexibility index (Phi) is 4.99. The molecule has 0 saturated carbocycles. The van der Waals surface area contributed by atoms with E-state index in [0.29, 0.717) is 5.69 Å². The first kappa shape index (κ1) is 16.8. The summed E-state index contributed by atoms with van der Waals surface area (Å²) in [6, 6.07) is 6.41. The van der Waals surface area contributed by atoms with Crippen molar-refractivity contribution in [3.8, 4) is 0 Å². The minimum Gasteiger partial charge on any atom is -0.255 e. The van der Waals surface area contributed by atoms with E-state index in [1.54, 1.807) is 19.2 Å². The van der Waals surface area contributed by atoms with Gasteiger partial charge in [0.2, 0.25) is 10.0 Å². The van der Waals surface area contributed by atoms with E-state index in [2.05, 4.69) is 21.0 Å². The molecule has 2 rings (SSSR count). The van der Waals surface area contributed by atoms with E-state index in [0.717, 1.165) is 4.47 Å². The Morgan fingerprint density at radius 1 is 1.29 bits per heavy atom. The minimum atomic E-state index is -3.61. The molecule has 0 radical (unpaired) electrons. The van der Waals surface area contributed by atoms with Crippen molar-refractivity contribution in [2.24, 2.45) is 7.05 Å². The lowest BCUT2D eigenvalue weighted by molar-refractivity contribution is 0.460. The molecule has 114 valence electrons. The Morgan fingerprint density at radius 2 is 1.86 bits per heavy atom. The second kappa shape index (κ2) is 6.26. The number of sulfonamides is 1. The lowest BCUT2D eigenvalue weighted by atomic mass is 10.4. The van der Waals surface area contributed by atoms with Gasteiger partial charge in [-0.3, -0.25) is 4.68 Å². The van der Waals surface area contributed by atoms with Crippen LogP contribution < -0.4 is 0 Å². The maximum atomic E-state index is 12.5. The van der Waals surface area contributed by atoms with Crippen LogP contribution >= 0.6 is 39.1 Å². The van der Waals surface area contributed by atoms with Gasteiger partial charge in [0.05, 0.1) is 17.1 Å². The molecule has 0 N–H and O–H groups in total. The molecule has 0 amide bonds. The summed E-state index contributed by atoms with van der Waals surface area (Å²) in [5, 5.41) is 4.65. The largest absolute Gasteiger partial charge is 0.255 e. The number of halogens is 3. The van der Waals surface area contributed by atoms with Crippen LogP contribution in [0.2, 0.25) is 10.2 Å². The van der Waals surface area contributed by atoms with Gasteiger partial charge >= 0.3 is 0 Å². The monoisotopic (exact) mass is 411 g/mol. The van der Waals surface area contributed by atoms with Crippen LogP contribution in [0.3, 0.4) is 0 Å². The first-order valence-electron chi connectivity index (χ1n) is 5.82. The normalized spacial score (nSPS) is 12.1. The highest BCUT2D eigenvalue weighted by atomic mass is 79.9. The first-order chi connectivity index (χ1) is 9.73. The predicted molar refractivity (Wildman–Crippen MR) is 86.0 cm³/mol. The summed E-state index contributed by atoms with van der Waals surface area (Å²) in [5.74, 6) is 0. The van der Waals surface area contributed by atoms with E-state index in [9.17, 15) is 8.42 Å². The van der Waals surface area contributed by atoms with Crippen LogP contribution in [0.4, 0.5) is 0 Å². The van der Waals surface area contributed by atoms with Crippen molar-refractivity contribution < 1.29 is 8.42 Å². The van der Waals surface area contributed by atoms with Crippen LogP contribution in [0.25, 0.3) is 0 Å². The molecular formula is C12H12BrCl2N3O2S. The van der Waals surface area contributed by atoms with Gasteiger partial charge in [0.25, 0.3) is 0 Å². The standard InChI is InChI=1S/C12H12BrCl2N3O2S/c1-17(7-10-11(14)12(15)18(2)16-10)21(19,20)9-5-3-8(13)4-6-9/h3-6H,7H2,1-2H3. The number of rotatable bonds is 4. The lowest BCUT2D eigenvalue weighted by Crippen LogP contribution is -2.26. The molecule has 1 aromatic heterocycles. The third kappa shape index (κ3) is 3.43. The fraction of sp³-hybridized carbons (Fsp3) is 0.250. The van der Waals surface area contributed by atoms with Crippen molar-refractivity contribution in [1.82, 2.24) is 14.1 Å². The van der Waals surface area contributed by atoms with Gasteiger partial charge in [-0.05, 0) is 24.3 Å². The fourth-order valence-corrected chi connectivity index (χ4v) is 3.48. The fourth-order valence-electron chi connectivity index (χ4n) is 1.71. The highest BCUT2D eigenvalue weighted by Gasteiger charge is 2.23. The zero-order chi connectivity index (χ0) is 15.8. The highest BCUT2D eigenvalue weighted by Crippen LogP contribution is 2.27. The maximum Gasteiger partial charge on any atom is 0.243 e. The summed E-state index contributed by atoms with van der Waals surface area (Å²) >= 11 is 15.2. The molecule has 0 fully saturated rings. The number of hydrogen-bond acceptors (Lipinski definition) is 3. The van der Waals surface area contributed by atoms with Crippen LogP contribution in [0, 0.1) is 0 Å². The van der Waals surface area contributed by atoms with Gasteiger partial charge in [0, 0.05) is 18.6 Å². The van der Waals surface area contributed by atoms with E-state index in [1.807, 2.05) is 0 Å². The molecule has 0 aliphatic rings. The maximum absolute atomic E-state index is 12.5. The molecular weight excluding hydrogens is 401 g/mol. The summed E-state index contributed by atoms with van der Waals surface area (Å²) in [5.41, 5.74) is 0.410. The van der Waals surface area contributed by atoms with Crippen molar-refractivity contribution in [2.45, 2.75) is 11.4 Å². The van der Waals surface area contributed by atoms with Crippen LogP contribution in [0.15, 0.2) is 33.6 Å². The van der Waals surface area contributed by atoms with Crippen LogP contribution in [-0.4, -0.2) is 29.6 Å². The van der Waals surface area contributed by atoms with Gasteiger partial charge in [-0.25, -0.2) is 8.42 Å². The second-order valence-corrected chi connectivity index (χ2v) is 8.09. The molecule has 0 spiro atoms. The topological polar surface area (TPSA) is 55.2 Å². The van der Waals surface area contributed by atoms with Crippen molar-refractivity contribution >= 4 is 49.2 Å². The first-order valence-corrected chi connectivity index (χ1v) is 8.81. The molecule has 0 aliphatic carbocycles. The number of nitrogens with zero attached hydrogens (tertiary/aromatic N) is 3. The Hall–Kier alpha value is -0.600. The van der Waals surface area contributed by atoms with Crippen LogP contribution in [-0.2, 0) is 23.6 Å². The molecule has 0 bridgehead atoms. The number of aromatic nitrogens is 2. The van der Waals surface area contributed by atoms with Gasteiger partial charge in [0.15, 0.2) is 0 Å². The zero-order valence-electron chi connectivity index (χ0n) is 11.2. The molecule has 1 aromatic carbocycles. The summed E-state index contributed by atoms with van der Waals surface area (Å²) in [6.45, 7) is 0.0395. The quantitative estimate of drug-likeness (QED) is 0.773. The zero-order valence-corrected chi connectivity index (χ0v) is 15.1. The highest BCUT2D eigenvalue weighted by molar-refractivity contribution is 9.10. The van der Waals surface area contributed by atoms with Crippen molar-refractivity contribution in [1.29, 1.82) is 0 Å². The molecule has 9 heteroatoms. The van der Waals surface area contributed by atoms with Crippen molar-refractivity contribution in [2.75, 3.05) is 7.05 Å². The molecule has 5 nitrogen and oxygen atoms in total. The van der Waals surface area contributed by atoms with Gasteiger partial charge in [-0.2, -0.15) is 9.40 Å². The van der Waals surface area contributed by atoms with Gasteiger partial charge in [0.1, 0.15) is 10.2 Å². The van der Waals surface area contributed by atoms with Gasteiger partial charge in [-0.1, -0.05) is 39.1 Å². The molecule has 0 aliphatic heterocycles. The van der Waals surface area contributed by atoms with Gasteiger partial charge in [-0.15, -0.1) is 0 Å². The lowest BCUT2D eigenvalue weighted by Gasteiger charge is -2.16. The van der Waals surface area contributed by atoms with Crippen molar-refractivity contribution in [3.63, 3.8) is 0 Å². The third-order valence-corrected chi connectivity index (χ3v) is 6.16. The molecule has 21 heavy (non-hydrogen) atoms. The Morgan fingerprint density at radius 3 is 2.33 bits per heavy atom. The van der Waals surface area contributed by atoms with E-state index in [-0.39, 0.29) is 21.6 Å². The molecule has 2 aromatic rings. The third-order valence-electron chi connectivity index (χ3n) is 2.88. The summed E-state index contributed by atoms with van der Waals surface area (Å²) < 4.78 is 28.3. The Bertz CT molecular complexity index is 760. The van der Waals surface area contributed by atoms with E-state index < -0.39 is 10.0 Å². The smallest absolute Gasteiger partial charge is 0.243 e. The van der Waals surface area contributed by atoms with Crippen LogP contribution in [0.5, 0.6) is 0 Å². The molecule has 0 atom stereocenters. The predicted octanol–water partition coefficient (Wildman–Crippen LogP) is 3.31. The molecule has 1 heterocycles. The summed E-state index contributed by atoms with van der Waals surface area (Å²) in [7, 11) is -0.504. The van der Waals surface area contributed by atoms with E-state index in [4.69, 9.17) is 23.2 Å².